The fourth-order valence-corrected chi connectivity index (χ4v) is 3.69. The van der Waals surface area contributed by atoms with Gasteiger partial charge in [-0.2, -0.15) is 0 Å². The number of ketones is 1. The van der Waals surface area contributed by atoms with Gasteiger partial charge in [0.1, 0.15) is 11.4 Å². The smallest absolute Gasteiger partial charge is 0.409 e. The number of fused-ring (bicyclic) bond motifs is 3. The molecule has 1 heterocycles. The Morgan fingerprint density at radius 3 is 2.36 bits per heavy atom. The standard InChI is InChI=1S/C26H27NO6/c1-24(2,3)33-23(30)27-26(14-31-25(4,5)32-15-26)11-10-16-6-8-19-20(12-16)18-9-7-17(28)13-21(18)22(19)29/h6-9,12-13,28H,14-15H2,1-5H3,(H,27,30). The Hall–Kier alpha value is -3.34. The number of hydrogen-bond acceptors (Lipinski definition) is 6. The van der Waals surface area contributed by atoms with E-state index in [0.717, 1.165) is 11.1 Å². The van der Waals surface area contributed by atoms with E-state index in [1.54, 1.807) is 58.9 Å². The van der Waals surface area contributed by atoms with E-state index < -0.39 is 23.0 Å². The number of rotatable bonds is 1. The molecule has 0 aromatic heterocycles. The summed E-state index contributed by atoms with van der Waals surface area (Å²) in [5, 5.41) is 12.6. The Morgan fingerprint density at radius 2 is 1.70 bits per heavy atom. The van der Waals surface area contributed by atoms with Gasteiger partial charge in [-0.3, -0.25) is 4.79 Å². The zero-order valence-corrected chi connectivity index (χ0v) is 19.4. The third-order valence-electron chi connectivity index (χ3n) is 5.32. The number of carbonyl (C=O) groups is 2. The largest absolute Gasteiger partial charge is 0.508 e. The van der Waals surface area contributed by atoms with Crippen molar-refractivity contribution in [1.29, 1.82) is 0 Å². The van der Waals surface area contributed by atoms with Crippen molar-refractivity contribution in [2.75, 3.05) is 13.2 Å². The molecule has 1 fully saturated rings. The molecule has 0 radical (unpaired) electrons. The number of amides is 1. The van der Waals surface area contributed by atoms with Crippen LogP contribution < -0.4 is 5.32 Å². The van der Waals surface area contributed by atoms with Gasteiger partial charge < -0.3 is 24.6 Å². The summed E-state index contributed by atoms with van der Waals surface area (Å²) < 4.78 is 17.0. The first kappa shape index (κ1) is 22.8. The van der Waals surface area contributed by atoms with E-state index in [4.69, 9.17) is 14.2 Å². The first-order valence-electron chi connectivity index (χ1n) is 10.7. The molecule has 0 unspecified atom stereocenters. The van der Waals surface area contributed by atoms with Crippen molar-refractivity contribution in [3.63, 3.8) is 0 Å². The summed E-state index contributed by atoms with van der Waals surface area (Å²) in [5.41, 5.74) is 1.44. The Balaban J connectivity index is 1.65. The van der Waals surface area contributed by atoms with Crippen LogP contribution in [0.25, 0.3) is 11.1 Å². The number of phenolic OH excluding ortho intramolecular Hbond substituents is 1. The number of carbonyl (C=O) groups excluding carboxylic acids is 2. The molecule has 1 aliphatic heterocycles. The van der Waals surface area contributed by atoms with E-state index in [1.165, 1.54) is 6.07 Å². The molecule has 1 amide bonds. The first-order chi connectivity index (χ1) is 15.4. The third kappa shape index (κ3) is 4.87. The monoisotopic (exact) mass is 449 g/mol. The van der Waals surface area contributed by atoms with Gasteiger partial charge in [-0.25, -0.2) is 4.79 Å². The van der Waals surface area contributed by atoms with E-state index in [1.807, 2.05) is 6.07 Å². The molecule has 0 bridgehead atoms. The van der Waals surface area contributed by atoms with Gasteiger partial charge in [-0.1, -0.05) is 11.8 Å². The first-order valence-corrected chi connectivity index (χ1v) is 10.7. The average molecular weight is 450 g/mol. The summed E-state index contributed by atoms with van der Waals surface area (Å²) in [5.74, 6) is 5.33. The summed E-state index contributed by atoms with van der Waals surface area (Å²) in [7, 11) is 0. The van der Waals surface area contributed by atoms with Crippen molar-refractivity contribution in [2.24, 2.45) is 0 Å². The molecular weight excluding hydrogens is 422 g/mol. The molecule has 2 aliphatic rings. The van der Waals surface area contributed by atoms with Crippen molar-refractivity contribution in [3.05, 3.63) is 53.1 Å². The lowest BCUT2D eigenvalue weighted by molar-refractivity contribution is -0.262. The van der Waals surface area contributed by atoms with Crippen molar-refractivity contribution in [3.8, 4) is 28.7 Å². The van der Waals surface area contributed by atoms with Gasteiger partial charge in [-0.15, -0.1) is 0 Å². The summed E-state index contributed by atoms with van der Waals surface area (Å²) in [6.45, 7) is 9.19. The molecule has 2 aromatic carbocycles. The Bertz CT molecular complexity index is 1190. The molecule has 7 heteroatoms. The maximum atomic E-state index is 12.7. The van der Waals surface area contributed by atoms with Crippen LogP contribution in [0, 0.1) is 11.8 Å². The van der Waals surface area contributed by atoms with E-state index in [0.29, 0.717) is 16.7 Å². The normalized spacial score (nSPS) is 17.9. The number of phenols is 1. The van der Waals surface area contributed by atoms with Gasteiger partial charge in [0.15, 0.2) is 17.1 Å². The molecule has 2 N–H and O–H groups in total. The topological polar surface area (TPSA) is 94.1 Å². The highest BCUT2D eigenvalue weighted by Crippen LogP contribution is 2.38. The van der Waals surface area contributed by atoms with Gasteiger partial charge in [-0.05, 0) is 82.1 Å². The van der Waals surface area contributed by atoms with Gasteiger partial charge in [0, 0.05) is 16.7 Å². The van der Waals surface area contributed by atoms with Crippen molar-refractivity contribution in [2.45, 2.75) is 51.5 Å². The highest BCUT2D eigenvalue weighted by molar-refractivity contribution is 6.22. The molecule has 0 saturated carbocycles. The maximum absolute atomic E-state index is 12.7. The molecule has 1 saturated heterocycles. The van der Waals surface area contributed by atoms with Crippen LogP contribution in [0.3, 0.4) is 0 Å². The molecule has 4 rings (SSSR count). The third-order valence-corrected chi connectivity index (χ3v) is 5.32. The molecule has 7 nitrogen and oxygen atoms in total. The summed E-state index contributed by atoms with van der Waals surface area (Å²) in [6, 6.07) is 10.1. The summed E-state index contributed by atoms with van der Waals surface area (Å²) in [6.07, 6.45) is -0.614. The van der Waals surface area contributed by atoms with Crippen LogP contribution in [0.2, 0.25) is 0 Å². The minimum absolute atomic E-state index is 0.0466. The van der Waals surface area contributed by atoms with Crippen LogP contribution in [-0.4, -0.2) is 47.1 Å². The van der Waals surface area contributed by atoms with Gasteiger partial charge in [0.2, 0.25) is 0 Å². The van der Waals surface area contributed by atoms with Crippen LogP contribution in [0.5, 0.6) is 5.75 Å². The lowest BCUT2D eigenvalue weighted by Crippen LogP contribution is -2.60. The highest BCUT2D eigenvalue weighted by atomic mass is 16.7. The van der Waals surface area contributed by atoms with Crippen LogP contribution in [0.15, 0.2) is 36.4 Å². The average Bonchev–Trinajstić information content (AvgIpc) is 2.98. The molecule has 0 atom stereocenters. The van der Waals surface area contributed by atoms with Crippen molar-refractivity contribution in [1.82, 2.24) is 5.32 Å². The SMILES string of the molecule is CC(C)(C)OC(=O)NC1(C#Cc2ccc3c(c2)-c2ccc(O)cc2C3=O)COC(C)(C)OC1. The molecule has 0 spiro atoms. The van der Waals surface area contributed by atoms with E-state index in [9.17, 15) is 14.7 Å². The number of alkyl carbamates (subject to hydrolysis) is 1. The zero-order valence-electron chi connectivity index (χ0n) is 19.4. The van der Waals surface area contributed by atoms with Crippen LogP contribution in [0.1, 0.15) is 56.1 Å². The summed E-state index contributed by atoms with van der Waals surface area (Å²) in [4.78, 5) is 25.2. The fourth-order valence-electron chi connectivity index (χ4n) is 3.69. The molecule has 2 aromatic rings. The van der Waals surface area contributed by atoms with Crippen LogP contribution in [0.4, 0.5) is 4.79 Å². The zero-order chi connectivity index (χ0) is 24.0. The minimum atomic E-state index is -1.10. The highest BCUT2D eigenvalue weighted by Gasteiger charge is 2.41. The van der Waals surface area contributed by atoms with E-state index in [-0.39, 0.29) is 24.7 Å². The van der Waals surface area contributed by atoms with Crippen LogP contribution in [-0.2, 0) is 14.2 Å². The van der Waals surface area contributed by atoms with E-state index >= 15 is 0 Å². The number of hydrogen-bond donors (Lipinski definition) is 2. The molecule has 33 heavy (non-hydrogen) atoms. The van der Waals surface area contributed by atoms with E-state index in [2.05, 4.69) is 17.2 Å². The lowest BCUT2D eigenvalue weighted by atomic mass is 9.99. The van der Waals surface area contributed by atoms with Crippen LogP contribution >= 0.6 is 0 Å². The fraction of sp³-hybridized carbons (Fsp3) is 0.385. The molecule has 1 aliphatic carbocycles. The predicted octanol–water partition coefficient (Wildman–Crippen LogP) is 4.00. The van der Waals surface area contributed by atoms with Crippen molar-refractivity contribution >= 4 is 11.9 Å². The molecule has 172 valence electrons. The quantitative estimate of drug-likeness (QED) is 0.546. The van der Waals surface area contributed by atoms with Gasteiger partial charge in [0.05, 0.1) is 13.2 Å². The Labute approximate surface area is 193 Å². The summed E-state index contributed by atoms with van der Waals surface area (Å²) >= 11 is 0. The Kier molecular flexibility index (Phi) is 5.47. The second kappa shape index (κ2) is 7.91. The number of benzene rings is 2. The minimum Gasteiger partial charge on any atom is -0.508 e. The molecular formula is C26H27NO6. The van der Waals surface area contributed by atoms with Gasteiger partial charge in [0.25, 0.3) is 0 Å². The predicted molar refractivity (Wildman–Crippen MR) is 122 cm³/mol. The number of nitrogens with one attached hydrogen (secondary N) is 1. The lowest BCUT2D eigenvalue weighted by Gasteiger charge is -2.41. The number of aromatic hydroxyl groups is 1. The second-order valence-electron chi connectivity index (χ2n) is 9.76. The second-order valence-corrected chi connectivity index (χ2v) is 9.76. The maximum Gasteiger partial charge on any atom is 0.409 e. The number of ether oxygens (including phenoxy) is 3. The Morgan fingerprint density at radius 1 is 1.03 bits per heavy atom. The van der Waals surface area contributed by atoms with Crippen molar-refractivity contribution < 1.29 is 28.9 Å². The van der Waals surface area contributed by atoms with Gasteiger partial charge >= 0.3 is 6.09 Å².